The Labute approximate surface area is 150 Å². The van der Waals surface area contributed by atoms with E-state index in [1.54, 1.807) is 13.8 Å². The van der Waals surface area contributed by atoms with Crippen molar-refractivity contribution in [2.75, 3.05) is 0 Å². The molecule has 0 unspecified atom stereocenters. The van der Waals surface area contributed by atoms with E-state index in [0.717, 1.165) is 5.56 Å². The Morgan fingerprint density at radius 1 is 1.19 bits per heavy atom. The molecule has 1 amide bonds. The van der Waals surface area contributed by atoms with Crippen LogP contribution in [0.15, 0.2) is 30.3 Å². The van der Waals surface area contributed by atoms with Gasteiger partial charge < -0.3 is 29.0 Å². The van der Waals surface area contributed by atoms with Gasteiger partial charge in [0.2, 0.25) is 0 Å². The van der Waals surface area contributed by atoms with E-state index < -0.39 is 48.5 Å². The summed E-state index contributed by atoms with van der Waals surface area (Å²) < 4.78 is 27.9. The summed E-state index contributed by atoms with van der Waals surface area (Å²) in [7, 11) is 0. The van der Waals surface area contributed by atoms with Crippen molar-refractivity contribution in [1.29, 1.82) is 0 Å². The molecular weight excluding hydrogens is 342 g/mol. The second-order valence-corrected chi connectivity index (χ2v) is 7.04. The van der Waals surface area contributed by atoms with Crippen LogP contribution in [0.3, 0.4) is 0 Å². The van der Waals surface area contributed by atoms with Crippen molar-refractivity contribution in [3.8, 4) is 0 Å². The molecule has 0 aromatic heterocycles. The van der Waals surface area contributed by atoms with E-state index in [0.29, 0.717) is 0 Å². The van der Waals surface area contributed by atoms with Gasteiger partial charge in [0, 0.05) is 0 Å². The molecule has 3 aliphatic heterocycles. The predicted octanol–water partition coefficient (Wildman–Crippen LogP) is 1.47. The fourth-order valence-electron chi connectivity index (χ4n) is 3.51. The molecule has 0 spiro atoms. The minimum Gasteiger partial charge on any atom is -0.456 e. The van der Waals surface area contributed by atoms with Gasteiger partial charge in [-0.3, -0.25) is 4.79 Å². The van der Waals surface area contributed by atoms with Crippen molar-refractivity contribution in [3.63, 3.8) is 0 Å². The van der Waals surface area contributed by atoms with Crippen molar-refractivity contribution < 1.29 is 33.3 Å². The van der Waals surface area contributed by atoms with E-state index in [4.69, 9.17) is 23.7 Å². The van der Waals surface area contributed by atoms with Crippen LogP contribution in [0.5, 0.6) is 0 Å². The van der Waals surface area contributed by atoms with E-state index in [2.05, 4.69) is 5.32 Å². The molecule has 1 N–H and O–H groups in total. The number of esters is 1. The van der Waals surface area contributed by atoms with Gasteiger partial charge in [0.1, 0.15) is 12.7 Å². The molecule has 5 atom stereocenters. The van der Waals surface area contributed by atoms with Crippen LogP contribution in [-0.2, 0) is 35.1 Å². The smallest absolute Gasteiger partial charge is 0.407 e. The summed E-state index contributed by atoms with van der Waals surface area (Å²) in [5, 5.41) is 2.70. The number of nitrogens with one attached hydrogen (secondary N) is 1. The second kappa shape index (κ2) is 6.53. The Bertz CT molecular complexity index is 692. The minimum atomic E-state index is -0.804. The molecule has 3 aliphatic rings. The van der Waals surface area contributed by atoms with Gasteiger partial charge in [-0.25, -0.2) is 4.79 Å². The van der Waals surface area contributed by atoms with Crippen molar-refractivity contribution in [1.82, 2.24) is 5.32 Å². The highest BCUT2D eigenvalue weighted by Crippen LogP contribution is 2.41. The molecule has 3 saturated heterocycles. The summed E-state index contributed by atoms with van der Waals surface area (Å²) in [5.41, 5.74) is 0.874. The van der Waals surface area contributed by atoms with Crippen LogP contribution in [0.2, 0.25) is 0 Å². The van der Waals surface area contributed by atoms with E-state index in [9.17, 15) is 9.59 Å². The SMILES string of the molecule is CC1(C)O[C@H]2O[C@H]3[C@H](OC(=O)C[C@@H]3NC(=O)OCc3ccccc3)[C@H]2O1. The standard InChI is InChI=1S/C18H21NO7/c1-18(2)25-15-14-13(24-16(15)26-18)11(8-12(20)23-14)19-17(21)22-9-10-6-4-3-5-7-10/h3-7,11,13-16H,8-9H2,1-2H3,(H,19,21)/t11-,13+,14-,15+,16+/m0/s1. The average molecular weight is 363 g/mol. The fourth-order valence-corrected chi connectivity index (χ4v) is 3.51. The summed E-state index contributed by atoms with van der Waals surface area (Å²) in [6.07, 6.45) is -2.91. The molecule has 1 aromatic carbocycles. The van der Waals surface area contributed by atoms with Gasteiger partial charge in [0.25, 0.3) is 0 Å². The maximum atomic E-state index is 12.1. The van der Waals surface area contributed by atoms with Crippen LogP contribution in [0.1, 0.15) is 25.8 Å². The molecule has 8 heteroatoms. The van der Waals surface area contributed by atoms with Gasteiger partial charge in [0.05, 0.1) is 12.5 Å². The monoisotopic (exact) mass is 363 g/mol. The first-order valence-electron chi connectivity index (χ1n) is 8.59. The number of hydrogen-bond donors (Lipinski definition) is 1. The topological polar surface area (TPSA) is 92.3 Å². The number of carbonyl (C=O) groups is 2. The third kappa shape index (κ3) is 3.40. The number of rotatable bonds is 3. The highest BCUT2D eigenvalue weighted by atomic mass is 16.8. The predicted molar refractivity (Wildman–Crippen MR) is 86.7 cm³/mol. The zero-order chi connectivity index (χ0) is 18.3. The lowest BCUT2D eigenvalue weighted by atomic mass is 9.98. The van der Waals surface area contributed by atoms with Crippen LogP contribution in [0.25, 0.3) is 0 Å². The Kier molecular flexibility index (Phi) is 4.34. The first-order valence-corrected chi connectivity index (χ1v) is 8.59. The molecule has 0 radical (unpaired) electrons. The Morgan fingerprint density at radius 2 is 1.96 bits per heavy atom. The first-order chi connectivity index (χ1) is 12.4. The maximum Gasteiger partial charge on any atom is 0.407 e. The third-order valence-electron chi connectivity index (χ3n) is 4.59. The molecule has 0 saturated carbocycles. The molecule has 0 aliphatic carbocycles. The Hall–Kier alpha value is -2.16. The van der Waals surface area contributed by atoms with Crippen LogP contribution in [-0.4, -0.2) is 48.5 Å². The highest BCUT2D eigenvalue weighted by molar-refractivity contribution is 5.74. The van der Waals surface area contributed by atoms with Crippen LogP contribution >= 0.6 is 0 Å². The lowest BCUT2D eigenvalue weighted by molar-refractivity contribution is -0.227. The third-order valence-corrected chi connectivity index (χ3v) is 4.59. The van der Waals surface area contributed by atoms with E-state index in [1.807, 2.05) is 30.3 Å². The molecule has 26 heavy (non-hydrogen) atoms. The van der Waals surface area contributed by atoms with Crippen LogP contribution < -0.4 is 5.32 Å². The molecule has 3 heterocycles. The van der Waals surface area contributed by atoms with Gasteiger partial charge in [0.15, 0.2) is 24.3 Å². The molecule has 4 rings (SSSR count). The number of hydrogen-bond acceptors (Lipinski definition) is 7. The second-order valence-electron chi connectivity index (χ2n) is 7.04. The molecule has 140 valence electrons. The number of carbonyl (C=O) groups excluding carboxylic acids is 2. The van der Waals surface area contributed by atoms with Crippen molar-refractivity contribution in [2.45, 2.75) is 63.3 Å². The maximum absolute atomic E-state index is 12.1. The van der Waals surface area contributed by atoms with E-state index >= 15 is 0 Å². The lowest BCUT2D eigenvalue weighted by Crippen LogP contribution is -2.55. The minimum absolute atomic E-state index is 0.00440. The first kappa shape index (κ1) is 17.3. The Morgan fingerprint density at radius 3 is 2.73 bits per heavy atom. The molecular formula is C18H21NO7. The van der Waals surface area contributed by atoms with Gasteiger partial charge in [-0.05, 0) is 19.4 Å². The van der Waals surface area contributed by atoms with Crippen molar-refractivity contribution >= 4 is 12.1 Å². The summed E-state index contributed by atoms with van der Waals surface area (Å²) in [6.45, 7) is 3.68. The number of fused-ring (bicyclic) bond motifs is 3. The zero-order valence-corrected chi connectivity index (χ0v) is 14.5. The quantitative estimate of drug-likeness (QED) is 0.813. The summed E-state index contributed by atoms with van der Waals surface area (Å²) in [6, 6.07) is 8.77. The van der Waals surface area contributed by atoms with Gasteiger partial charge in [-0.1, -0.05) is 30.3 Å². The molecule has 8 nitrogen and oxygen atoms in total. The number of alkyl carbamates (subject to hydrolysis) is 1. The van der Waals surface area contributed by atoms with Crippen molar-refractivity contribution in [3.05, 3.63) is 35.9 Å². The average Bonchev–Trinajstić information content (AvgIpc) is 3.06. The van der Waals surface area contributed by atoms with Gasteiger partial charge in [-0.15, -0.1) is 0 Å². The van der Waals surface area contributed by atoms with E-state index in [1.165, 1.54) is 0 Å². The number of ether oxygens (including phenoxy) is 5. The molecule has 0 bridgehead atoms. The summed E-state index contributed by atoms with van der Waals surface area (Å²) >= 11 is 0. The van der Waals surface area contributed by atoms with Gasteiger partial charge in [-0.2, -0.15) is 0 Å². The fraction of sp³-hybridized carbons (Fsp3) is 0.556. The molecule has 1 aromatic rings. The number of amides is 1. The van der Waals surface area contributed by atoms with Crippen LogP contribution in [0.4, 0.5) is 4.79 Å². The van der Waals surface area contributed by atoms with Crippen molar-refractivity contribution in [2.24, 2.45) is 0 Å². The van der Waals surface area contributed by atoms with Gasteiger partial charge >= 0.3 is 12.1 Å². The highest BCUT2D eigenvalue weighted by Gasteiger charge is 2.60. The largest absolute Gasteiger partial charge is 0.456 e. The number of benzene rings is 1. The summed E-state index contributed by atoms with van der Waals surface area (Å²) in [5.74, 6) is -1.22. The normalized spacial score (nSPS) is 34.5. The lowest BCUT2D eigenvalue weighted by Gasteiger charge is -2.34. The van der Waals surface area contributed by atoms with E-state index in [-0.39, 0.29) is 13.0 Å². The Balaban J connectivity index is 1.38. The molecule has 3 fully saturated rings. The zero-order valence-electron chi connectivity index (χ0n) is 14.5. The van der Waals surface area contributed by atoms with Crippen LogP contribution in [0, 0.1) is 0 Å². The summed E-state index contributed by atoms with van der Waals surface area (Å²) in [4.78, 5) is 24.1.